The molecule has 4 rings (SSSR count). The smallest absolute Gasteiger partial charge is 0.343 e. The fraction of sp³-hybridized carbons (Fsp3) is 0.500. The number of rotatable bonds is 3. The number of fused-ring (bicyclic) bond motifs is 2. The first-order chi connectivity index (χ1) is 10.3. The van der Waals surface area contributed by atoms with E-state index in [-0.39, 0.29) is 0 Å². The van der Waals surface area contributed by atoms with Crippen molar-refractivity contribution in [3.05, 3.63) is 18.0 Å². The molecule has 0 radical (unpaired) electrons. The Labute approximate surface area is 121 Å². The van der Waals surface area contributed by atoms with Gasteiger partial charge in [0.1, 0.15) is 12.2 Å². The molecule has 1 saturated carbocycles. The minimum absolute atomic E-state index is 0.307. The first-order valence-corrected chi connectivity index (χ1v) is 7.21. The monoisotopic (exact) mass is 288 g/mol. The van der Waals surface area contributed by atoms with Crippen molar-refractivity contribution >= 4 is 17.4 Å². The summed E-state index contributed by atoms with van der Waals surface area (Å²) in [7, 11) is 0. The Hall–Kier alpha value is -2.31. The van der Waals surface area contributed by atoms with Crippen LogP contribution in [0.3, 0.4) is 0 Å². The van der Waals surface area contributed by atoms with Gasteiger partial charge in [-0.25, -0.2) is 14.3 Å². The van der Waals surface area contributed by atoms with E-state index < -0.39 is 5.97 Å². The molecule has 2 aliphatic rings. The van der Waals surface area contributed by atoms with Crippen LogP contribution in [0.15, 0.2) is 12.4 Å². The average Bonchev–Trinajstić information content (AvgIpc) is 3.25. The molecule has 2 aromatic heterocycles. The maximum Gasteiger partial charge on any atom is 0.343 e. The molecule has 0 saturated heterocycles. The Morgan fingerprint density at radius 3 is 3.19 bits per heavy atom. The fourth-order valence-electron chi connectivity index (χ4n) is 2.61. The third kappa shape index (κ3) is 2.09. The van der Waals surface area contributed by atoms with E-state index in [0.29, 0.717) is 48.0 Å². The molecule has 0 bridgehead atoms. The summed E-state index contributed by atoms with van der Waals surface area (Å²) in [5.74, 6) is 1.61. The van der Waals surface area contributed by atoms with Crippen molar-refractivity contribution in [1.29, 1.82) is 0 Å². The van der Waals surface area contributed by atoms with Gasteiger partial charge >= 0.3 is 5.97 Å². The molecule has 0 aromatic carbocycles. The standard InChI is InChI=1S/C14H16N4O3/c1-2-20-14(19)9-5-15-18-6-11-12(17-13(9)18)16-10(7-21-11)8-3-4-8/h5-6,8,10H,2-4,7H2,1H3,(H,16,17). The van der Waals surface area contributed by atoms with Gasteiger partial charge in [0.25, 0.3) is 0 Å². The van der Waals surface area contributed by atoms with Gasteiger partial charge in [-0.3, -0.25) is 0 Å². The van der Waals surface area contributed by atoms with Crippen LogP contribution in [0, 0.1) is 5.92 Å². The van der Waals surface area contributed by atoms with Gasteiger partial charge in [0, 0.05) is 0 Å². The van der Waals surface area contributed by atoms with Gasteiger partial charge in [0.15, 0.2) is 17.2 Å². The summed E-state index contributed by atoms with van der Waals surface area (Å²) in [4.78, 5) is 16.4. The minimum atomic E-state index is -0.407. The van der Waals surface area contributed by atoms with Crippen molar-refractivity contribution < 1.29 is 14.3 Å². The molecule has 21 heavy (non-hydrogen) atoms. The molecular weight excluding hydrogens is 272 g/mol. The quantitative estimate of drug-likeness (QED) is 0.862. The highest BCUT2D eigenvalue weighted by Crippen LogP contribution is 2.38. The molecule has 110 valence electrons. The van der Waals surface area contributed by atoms with Crippen molar-refractivity contribution in [1.82, 2.24) is 14.6 Å². The van der Waals surface area contributed by atoms with Crippen molar-refractivity contribution in [3.63, 3.8) is 0 Å². The van der Waals surface area contributed by atoms with Gasteiger partial charge in [-0.1, -0.05) is 0 Å². The lowest BCUT2D eigenvalue weighted by atomic mass is 10.2. The topological polar surface area (TPSA) is 77.8 Å². The second-order valence-electron chi connectivity index (χ2n) is 5.40. The van der Waals surface area contributed by atoms with Gasteiger partial charge in [-0.2, -0.15) is 5.10 Å². The highest BCUT2D eigenvalue weighted by molar-refractivity contribution is 5.95. The summed E-state index contributed by atoms with van der Waals surface area (Å²) < 4.78 is 12.3. The number of esters is 1. The predicted molar refractivity (Wildman–Crippen MR) is 74.6 cm³/mol. The highest BCUT2D eigenvalue weighted by atomic mass is 16.5. The molecule has 1 fully saturated rings. The molecule has 1 aliphatic carbocycles. The SMILES string of the molecule is CCOC(=O)c1cnn2cc3c(nc12)NC(C1CC1)CO3. The van der Waals surface area contributed by atoms with E-state index in [0.717, 1.165) is 0 Å². The van der Waals surface area contributed by atoms with Gasteiger partial charge in [0.05, 0.1) is 25.0 Å². The number of nitrogens with zero attached hydrogens (tertiary/aromatic N) is 3. The van der Waals surface area contributed by atoms with Gasteiger partial charge in [-0.05, 0) is 25.7 Å². The van der Waals surface area contributed by atoms with Crippen molar-refractivity contribution in [2.45, 2.75) is 25.8 Å². The lowest BCUT2D eigenvalue weighted by Crippen LogP contribution is -2.34. The zero-order valence-corrected chi connectivity index (χ0v) is 11.7. The Balaban J connectivity index is 1.72. The largest absolute Gasteiger partial charge is 0.486 e. The van der Waals surface area contributed by atoms with E-state index in [2.05, 4.69) is 15.4 Å². The van der Waals surface area contributed by atoms with Crippen LogP contribution in [-0.4, -0.2) is 39.8 Å². The van der Waals surface area contributed by atoms with Crippen LogP contribution in [0.4, 0.5) is 5.82 Å². The summed E-state index contributed by atoms with van der Waals surface area (Å²) in [6, 6.07) is 0.307. The lowest BCUT2D eigenvalue weighted by Gasteiger charge is -2.26. The third-order valence-electron chi connectivity index (χ3n) is 3.89. The second kappa shape index (κ2) is 4.61. The van der Waals surface area contributed by atoms with Crippen molar-refractivity contribution in [2.75, 3.05) is 18.5 Å². The number of hydrogen-bond acceptors (Lipinski definition) is 6. The average molecular weight is 288 g/mol. The number of hydrogen-bond donors (Lipinski definition) is 1. The molecule has 0 amide bonds. The Kier molecular flexibility index (Phi) is 2.73. The molecule has 7 heteroatoms. The fourth-order valence-corrected chi connectivity index (χ4v) is 2.61. The summed E-state index contributed by atoms with van der Waals surface area (Å²) in [6.45, 7) is 2.75. The zero-order chi connectivity index (χ0) is 14.4. The predicted octanol–water partition coefficient (Wildman–Crippen LogP) is 1.49. The maximum absolute atomic E-state index is 11.9. The van der Waals surface area contributed by atoms with E-state index in [4.69, 9.17) is 9.47 Å². The van der Waals surface area contributed by atoms with Gasteiger partial charge in [0.2, 0.25) is 0 Å². The normalized spacial score (nSPS) is 20.5. The summed E-state index contributed by atoms with van der Waals surface area (Å²) in [5.41, 5.74) is 0.856. The number of ether oxygens (including phenoxy) is 2. The Bertz CT molecular complexity index is 708. The Morgan fingerprint density at radius 1 is 1.57 bits per heavy atom. The Morgan fingerprint density at radius 2 is 2.43 bits per heavy atom. The highest BCUT2D eigenvalue weighted by Gasteiger charge is 2.35. The van der Waals surface area contributed by atoms with E-state index in [1.807, 2.05) is 0 Å². The molecule has 7 nitrogen and oxygen atoms in total. The van der Waals surface area contributed by atoms with Crippen molar-refractivity contribution in [2.24, 2.45) is 5.92 Å². The maximum atomic E-state index is 11.9. The summed E-state index contributed by atoms with van der Waals surface area (Å²) in [5, 5.41) is 7.55. The molecular formula is C14H16N4O3. The van der Waals surface area contributed by atoms with Crippen LogP contribution in [0.25, 0.3) is 5.65 Å². The molecule has 1 aliphatic heterocycles. The zero-order valence-electron chi connectivity index (χ0n) is 11.7. The number of anilines is 1. The lowest BCUT2D eigenvalue weighted by molar-refractivity contribution is 0.0528. The van der Waals surface area contributed by atoms with Crippen LogP contribution >= 0.6 is 0 Å². The minimum Gasteiger partial charge on any atom is -0.486 e. The van der Waals surface area contributed by atoms with Crippen molar-refractivity contribution in [3.8, 4) is 5.75 Å². The molecule has 1 N–H and O–H groups in total. The van der Waals surface area contributed by atoms with Crippen LogP contribution in [-0.2, 0) is 4.74 Å². The van der Waals surface area contributed by atoms with Crippen LogP contribution in [0.2, 0.25) is 0 Å². The molecule has 0 spiro atoms. The summed E-state index contributed by atoms with van der Waals surface area (Å²) >= 11 is 0. The number of carbonyl (C=O) groups excluding carboxylic acids is 1. The van der Waals surface area contributed by atoms with E-state index >= 15 is 0 Å². The van der Waals surface area contributed by atoms with E-state index in [1.54, 1.807) is 17.6 Å². The third-order valence-corrected chi connectivity index (χ3v) is 3.89. The molecule has 3 heterocycles. The first kappa shape index (κ1) is 12.4. The first-order valence-electron chi connectivity index (χ1n) is 7.21. The molecule has 1 unspecified atom stereocenters. The molecule has 1 atom stereocenters. The molecule has 2 aromatic rings. The van der Waals surface area contributed by atoms with Crippen LogP contribution in [0.1, 0.15) is 30.1 Å². The van der Waals surface area contributed by atoms with Gasteiger partial charge < -0.3 is 14.8 Å². The van der Waals surface area contributed by atoms with Gasteiger partial charge in [-0.15, -0.1) is 0 Å². The number of carbonyl (C=O) groups is 1. The number of aromatic nitrogens is 3. The number of nitrogens with one attached hydrogen (secondary N) is 1. The summed E-state index contributed by atoms with van der Waals surface area (Å²) in [6.07, 6.45) is 5.69. The van der Waals surface area contributed by atoms with Crippen LogP contribution in [0.5, 0.6) is 5.75 Å². The second-order valence-corrected chi connectivity index (χ2v) is 5.40. The van der Waals surface area contributed by atoms with Crippen LogP contribution < -0.4 is 10.1 Å². The van der Waals surface area contributed by atoms with E-state index in [1.165, 1.54) is 19.0 Å². The van der Waals surface area contributed by atoms with E-state index in [9.17, 15) is 4.79 Å².